The van der Waals surface area contributed by atoms with Crippen molar-refractivity contribution in [2.24, 2.45) is 5.92 Å². The average Bonchev–Trinajstić information content (AvgIpc) is 3.05. The van der Waals surface area contributed by atoms with Crippen LogP contribution in [0.2, 0.25) is 0 Å². The van der Waals surface area contributed by atoms with Crippen LogP contribution in [-0.4, -0.2) is 66.4 Å². The molecule has 5 rings (SSSR count). The smallest absolute Gasteiger partial charge is 0.319 e. The van der Waals surface area contributed by atoms with E-state index in [4.69, 9.17) is 0 Å². The SMILES string of the molecule is CN(C)C(=O)N1C[C@@H]2CC[C@H](C1)N(C(=O)c1ccc(-c3ccccc3)cc1)C2. The number of carbonyl (C=O) groups is 2. The number of amides is 3. The second kappa shape index (κ2) is 7.66. The lowest BCUT2D eigenvalue weighted by atomic mass is 9.94. The Morgan fingerprint density at radius 1 is 0.857 bits per heavy atom. The van der Waals surface area contributed by atoms with Gasteiger partial charge in [-0.05, 0) is 42.0 Å². The third-order valence-electron chi connectivity index (χ3n) is 5.87. The van der Waals surface area contributed by atoms with E-state index < -0.39 is 0 Å². The highest BCUT2D eigenvalue weighted by molar-refractivity contribution is 5.95. The van der Waals surface area contributed by atoms with Crippen molar-refractivity contribution in [2.45, 2.75) is 18.9 Å². The van der Waals surface area contributed by atoms with Gasteiger partial charge in [0.25, 0.3) is 5.91 Å². The fourth-order valence-electron chi connectivity index (χ4n) is 4.37. The van der Waals surface area contributed by atoms with E-state index in [2.05, 4.69) is 12.1 Å². The van der Waals surface area contributed by atoms with Crippen LogP contribution >= 0.6 is 0 Å². The molecule has 5 nitrogen and oxygen atoms in total. The summed E-state index contributed by atoms with van der Waals surface area (Å²) in [7, 11) is 3.57. The van der Waals surface area contributed by atoms with E-state index in [1.807, 2.05) is 52.3 Å². The van der Waals surface area contributed by atoms with Gasteiger partial charge in [-0.1, -0.05) is 42.5 Å². The van der Waals surface area contributed by atoms with Crippen LogP contribution in [0.25, 0.3) is 11.1 Å². The third kappa shape index (κ3) is 3.61. The first-order valence-corrected chi connectivity index (χ1v) is 9.95. The number of hydrogen-bond acceptors (Lipinski definition) is 2. The Hall–Kier alpha value is -2.82. The lowest BCUT2D eigenvalue weighted by molar-refractivity contribution is 0.0586. The van der Waals surface area contributed by atoms with Crippen LogP contribution in [0.15, 0.2) is 54.6 Å². The molecule has 0 aliphatic carbocycles. The standard InChI is InChI=1S/C23H27N3O2/c1-24(2)23(28)25-14-17-8-13-21(16-25)26(15-17)22(27)20-11-9-19(10-12-20)18-6-4-3-5-7-18/h3-7,9-12,17,21H,8,13-16H2,1-2H3/t17-,21+/m0/s1. The zero-order chi connectivity index (χ0) is 19.7. The van der Waals surface area contributed by atoms with Gasteiger partial charge in [0.15, 0.2) is 0 Å². The lowest BCUT2D eigenvalue weighted by Crippen LogP contribution is -2.48. The number of urea groups is 1. The number of fused-ring (bicyclic) bond motifs is 4. The predicted molar refractivity (Wildman–Crippen MR) is 110 cm³/mol. The molecule has 3 aliphatic heterocycles. The molecule has 146 valence electrons. The van der Waals surface area contributed by atoms with Gasteiger partial charge in [-0.15, -0.1) is 0 Å². The van der Waals surface area contributed by atoms with Crippen molar-refractivity contribution in [1.29, 1.82) is 0 Å². The van der Waals surface area contributed by atoms with Gasteiger partial charge in [0, 0.05) is 45.3 Å². The molecule has 3 amide bonds. The quantitative estimate of drug-likeness (QED) is 0.803. The first-order chi connectivity index (χ1) is 13.5. The number of piperidine rings is 1. The summed E-state index contributed by atoms with van der Waals surface area (Å²) in [6, 6.07) is 18.2. The van der Waals surface area contributed by atoms with Crippen molar-refractivity contribution in [1.82, 2.24) is 14.7 Å². The van der Waals surface area contributed by atoms with Gasteiger partial charge < -0.3 is 14.7 Å². The van der Waals surface area contributed by atoms with E-state index >= 15 is 0 Å². The molecule has 3 fully saturated rings. The Balaban J connectivity index is 1.51. The highest BCUT2D eigenvalue weighted by Gasteiger charge is 2.39. The highest BCUT2D eigenvalue weighted by atomic mass is 16.2. The zero-order valence-electron chi connectivity index (χ0n) is 16.5. The van der Waals surface area contributed by atoms with E-state index in [0.717, 1.165) is 42.6 Å². The summed E-state index contributed by atoms with van der Waals surface area (Å²) in [6.07, 6.45) is 2.05. The van der Waals surface area contributed by atoms with Crippen LogP contribution in [0, 0.1) is 5.92 Å². The number of nitrogens with zero attached hydrogens (tertiary/aromatic N) is 3. The summed E-state index contributed by atoms with van der Waals surface area (Å²) < 4.78 is 0. The van der Waals surface area contributed by atoms with E-state index in [1.54, 1.807) is 19.0 Å². The van der Waals surface area contributed by atoms with Crippen LogP contribution in [0.4, 0.5) is 4.79 Å². The number of hydrogen-bond donors (Lipinski definition) is 0. The number of carbonyl (C=O) groups excluding carboxylic acids is 2. The van der Waals surface area contributed by atoms with Crippen molar-refractivity contribution in [3.63, 3.8) is 0 Å². The second-order valence-corrected chi connectivity index (χ2v) is 8.08. The maximum Gasteiger partial charge on any atom is 0.319 e. The summed E-state index contributed by atoms with van der Waals surface area (Å²) in [5.74, 6) is 0.434. The molecule has 3 heterocycles. The van der Waals surface area contributed by atoms with Gasteiger partial charge in [-0.3, -0.25) is 4.79 Å². The Morgan fingerprint density at radius 2 is 1.54 bits per heavy atom. The minimum atomic E-state index is 0.0402. The first-order valence-electron chi connectivity index (χ1n) is 9.95. The van der Waals surface area contributed by atoms with Crippen molar-refractivity contribution in [3.05, 3.63) is 60.2 Å². The fraction of sp³-hybridized carbons (Fsp3) is 0.391. The molecule has 5 heteroatoms. The molecular formula is C23H27N3O2. The maximum absolute atomic E-state index is 13.2. The first kappa shape index (κ1) is 18.5. The molecule has 2 atom stereocenters. The van der Waals surface area contributed by atoms with Crippen molar-refractivity contribution < 1.29 is 9.59 Å². The topological polar surface area (TPSA) is 43.9 Å². The molecule has 2 aromatic rings. The van der Waals surface area contributed by atoms with Crippen LogP contribution < -0.4 is 0 Å². The van der Waals surface area contributed by atoms with Gasteiger partial charge in [-0.2, -0.15) is 0 Å². The Labute approximate surface area is 166 Å². The fourth-order valence-corrected chi connectivity index (χ4v) is 4.37. The Morgan fingerprint density at radius 3 is 2.21 bits per heavy atom. The van der Waals surface area contributed by atoms with Crippen LogP contribution in [0.3, 0.4) is 0 Å². The molecule has 0 aromatic heterocycles. The monoisotopic (exact) mass is 377 g/mol. The van der Waals surface area contributed by atoms with E-state index in [9.17, 15) is 9.59 Å². The van der Waals surface area contributed by atoms with Crippen molar-refractivity contribution >= 4 is 11.9 Å². The van der Waals surface area contributed by atoms with Gasteiger partial charge in [0.05, 0.1) is 0 Å². The van der Waals surface area contributed by atoms with Crippen LogP contribution in [0.1, 0.15) is 23.2 Å². The molecule has 2 aromatic carbocycles. The molecule has 2 bridgehead atoms. The van der Waals surface area contributed by atoms with Crippen molar-refractivity contribution in [3.8, 4) is 11.1 Å². The van der Waals surface area contributed by atoms with Crippen molar-refractivity contribution in [2.75, 3.05) is 33.7 Å². The summed E-state index contributed by atoms with van der Waals surface area (Å²) >= 11 is 0. The van der Waals surface area contributed by atoms with E-state index in [1.165, 1.54) is 0 Å². The minimum Gasteiger partial charge on any atom is -0.334 e. The molecule has 0 radical (unpaired) electrons. The maximum atomic E-state index is 13.2. The molecule has 3 saturated heterocycles. The molecule has 28 heavy (non-hydrogen) atoms. The van der Waals surface area contributed by atoms with E-state index in [-0.39, 0.29) is 18.0 Å². The predicted octanol–water partition coefficient (Wildman–Crippen LogP) is 3.57. The normalized spacial score (nSPS) is 21.4. The molecular weight excluding hydrogens is 350 g/mol. The molecule has 3 aliphatic rings. The molecule has 0 unspecified atom stereocenters. The number of rotatable bonds is 2. The second-order valence-electron chi connectivity index (χ2n) is 8.08. The minimum absolute atomic E-state index is 0.0402. The summed E-state index contributed by atoms with van der Waals surface area (Å²) in [5, 5.41) is 0. The largest absolute Gasteiger partial charge is 0.334 e. The lowest BCUT2D eigenvalue weighted by Gasteiger charge is -2.36. The zero-order valence-corrected chi connectivity index (χ0v) is 16.5. The van der Waals surface area contributed by atoms with Gasteiger partial charge in [0.1, 0.15) is 0 Å². The number of benzene rings is 2. The summed E-state index contributed by atoms with van der Waals surface area (Å²) in [6.45, 7) is 2.10. The third-order valence-corrected chi connectivity index (χ3v) is 5.87. The van der Waals surface area contributed by atoms with Crippen LogP contribution in [0.5, 0.6) is 0 Å². The molecule has 0 spiro atoms. The van der Waals surface area contributed by atoms with Gasteiger partial charge in [0.2, 0.25) is 0 Å². The van der Waals surface area contributed by atoms with Gasteiger partial charge >= 0.3 is 6.03 Å². The van der Waals surface area contributed by atoms with Gasteiger partial charge in [-0.25, -0.2) is 4.79 Å². The molecule has 0 N–H and O–H groups in total. The average molecular weight is 377 g/mol. The summed E-state index contributed by atoms with van der Waals surface area (Å²) in [4.78, 5) is 31.2. The van der Waals surface area contributed by atoms with E-state index in [0.29, 0.717) is 12.5 Å². The Kier molecular flexibility index (Phi) is 5.07. The van der Waals surface area contributed by atoms with Crippen LogP contribution in [-0.2, 0) is 0 Å². The highest BCUT2D eigenvalue weighted by Crippen LogP contribution is 2.30. The molecule has 0 saturated carbocycles. The Bertz CT molecular complexity index is 848. The summed E-state index contributed by atoms with van der Waals surface area (Å²) in [5.41, 5.74) is 2.98.